The fourth-order valence-electron chi connectivity index (χ4n) is 4.21. The van der Waals surface area contributed by atoms with Crippen LogP contribution in [0.2, 0.25) is 10.0 Å². The first-order valence-corrected chi connectivity index (χ1v) is 12.2. The molecule has 5 rings (SSSR count). The fourth-order valence-corrected chi connectivity index (χ4v) is 4.62. The molecule has 0 bridgehead atoms. The Morgan fingerprint density at radius 3 is 2.60 bits per heavy atom. The van der Waals surface area contributed by atoms with Crippen LogP contribution < -0.4 is 10.6 Å². The largest absolute Gasteiger partial charge is 0.339 e. The summed E-state index contributed by atoms with van der Waals surface area (Å²) >= 11 is 12.7. The van der Waals surface area contributed by atoms with E-state index in [1.165, 1.54) is 5.56 Å². The number of nitrogens with one attached hydrogen (secondary N) is 2. The van der Waals surface area contributed by atoms with Gasteiger partial charge in [-0.1, -0.05) is 78.7 Å². The molecular formula is C28H24Cl2N4O. The first-order chi connectivity index (χ1) is 16.9. The minimum Gasteiger partial charge on any atom is -0.339 e. The van der Waals surface area contributed by atoms with Gasteiger partial charge in [0.2, 0.25) is 0 Å². The van der Waals surface area contributed by atoms with Crippen molar-refractivity contribution in [1.82, 2.24) is 9.78 Å². The molecule has 0 radical (unpaired) electrons. The van der Waals surface area contributed by atoms with Crippen LogP contribution in [0.3, 0.4) is 0 Å². The van der Waals surface area contributed by atoms with Crippen LogP contribution in [0.4, 0.5) is 11.5 Å². The lowest BCUT2D eigenvalue weighted by atomic mass is 10.00. The van der Waals surface area contributed by atoms with Crippen LogP contribution in [0.5, 0.6) is 0 Å². The number of fused-ring (bicyclic) bond motifs is 1. The van der Waals surface area contributed by atoms with E-state index in [1.807, 2.05) is 37.3 Å². The summed E-state index contributed by atoms with van der Waals surface area (Å²) in [5.74, 6) is 0.328. The van der Waals surface area contributed by atoms with Crippen molar-refractivity contribution >= 4 is 46.3 Å². The third kappa shape index (κ3) is 4.57. The molecule has 0 saturated heterocycles. The SMILES string of the molecule is CCc1ccc(C2=CC(c3ccccc3Cl)n3ncc(C(=O)Nc4cc(Cl)ccc4C)c3N2)cc1. The molecule has 0 saturated carbocycles. The van der Waals surface area contributed by atoms with E-state index in [1.54, 1.807) is 23.0 Å². The molecule has 1 atom stereocenters. The van der Waals surface area contributed by atoms with E-state index in [2.05, 4.69) is 53.0 Å². The molecule has 1 aliphatic rings. The van der Waals surface area contributed by atoms with Crippen molar-refractivity contribution in [3.8, 4) is 0 Å². The molecule has 0 aliphatic carbocycles. The van der Waals surface area contributed by atoms with Gasteiger partial charge < -0.3 is 10.6 Å². The van der Waals surface area contributed by atoms with E-state index in [-0.39, 0.29) is 11.9 Å². The number of nitrogens with zero attached hydrogens (tertiary/aromatic N) is 2. The summed E-state index contributed by atoms with van der Waals surface area (Å²) in [5, 5.41) is 12.2. The number of hydrogen-bond acceptors (Lipinski definition) is 3. The number of halogens is 2. The van der Waals surface area contributed by atoms with Gasteiger partial charge >= 0.3 is 0 Å². The Balaban J connectivity index is 1.57. The van der Waals surface area contributed by atoms with Crippen LogP contribution in [-0.2, 0) is 6.42 Å². The predicted octanol–water partition coefficient (Wildman–Crippen LogP) is 7.37. The van der Waals surface area contributed by atoms with Gasteiger partial charge in [-0.15, -0.1) is 0 Å². The number of carbonyl (C=O) groups excluding carboxylic acids is 1. The number of aromatic nitrogens is 2. The number of anilines is 2. The highest BCUT2D eigenvalue weighted by Crippen LogP contribution is 2.38. The smallest absolute Gasteiger partial charge is 0.261 e. The van der Waals surface area contributed by atoms with Crippen molar-refractivity contribution in [2.45, 2.75) is 26.3 Å². The Morgan fingerprint density at radius 1 is 1.09 bits per heavy atom. The molecular weight excluding hydrogens is 479 g/mol. The zero-order valence-corrected chi connectivity index (χ0v) is 20.9. The topological polar surface area (TPSA) is 59.0 Å². The Labute approximate surface area is 214 Å². The summed E-state index contributed by atoms with van der Waals surface area (Å²) in [4.78, 5) is 13.4. The van der Waals surface area contributed by atoms with E-state index in [9.17, 15) is 4.79 Å². The molecule has 1 aliphatic heterocycles. The minimum absolute atomic E-state index is 0.274. The van der Waals surface area contributed by atoms with Crippen molar-refractivity contribution in [2.75, 3.05) is 10.6 Å². The predicted molar refractivity (Wildman–Crippen MR) is 143 cm³/mol. The van der Waals surface area contributed by atoms with E-state index in [4.69, 9.17) is 23.2 Å². The molecule has 4 aromatic rings. The van der Waals surface area contributed by atoms with Crippen LogP contribution in [-0.4, -0.2) is 15.7 Å². The second-order valence-electron chi connectivity index (χ2n) is 8.49. The average molecular weight is 503 g/mol. The highest BCUT2D eigenvalue weighted by Gasteiger charge is 2.29. The number of carbonyl (C=O) groups is 1. The lowest BCUT2D eigenvalue weighted by molar-refractivity contribution is 0.102. The first-order valence-electron chi connectivity index (χ1n) is 11.4. The van der Waals surface area contributed by atoms with Gasteiger partial charge in [-0.3, -0.25) is 4.79 Å². The molecule has 1 unspecified atom stereocenters. The maximum Gasteiger partial charge on any atom is 0.261 e. The van der Waals surface area contributed by atoms with Gasteiger partial charge in [0.15, 0.2) is 0 Å². The van der Waals surface area contributed by atoms with E-state index in [0.29, 0.717) is 27.1 Å². The Kier molecular flexibility index (Phi) is 6.37. The molecule has 0 spiro atoms. The maximum atomic E-state index is 13.4. The van der Waals surface area contributed by atoms with Gasteiger partial charge in [0.25, 0.3) is 5.91 Å². The number of rotatable bonds is 5. The van der Waals surface area contributed by atoms with Gasteiger partial charge in [0.1, 0.15) is 17.4 Å². The molecule has 35 heavy (non-hydrogen) atoms. The molecule has 0 fully saturated rings. The lowest BCUT2D eigenvalue weighted by Gasteiger charge is -2.27. The summed E-state index contributed by atoms with van der Waals surface area (Å²) in [5.41, 5.74) is 6.07. The highest BCUT2D eigenvalue weighted by molar-refractivity contribution is 6.31. The highest BCUT2D eigenvalue weighted by atomic mass is 35.5. The number of benzene rings is 3. The first kappa shape index (κ1) is 23.2. The monoisotopic (exact) mass is 502 g/mol. The third-order valence-electron chi connectivity index (χ3n) is 6.23. The second kappa shape index (κ2) is 9.61. The number of amides is 1. The normalized spacial score (nSPS) is 14.6. The van der Waals surface area contributed by atoms with E-state index in [0.717, 1.165) is 28.8 Å². The zero-order chi connectivity index (χ0) is 24.5. The molecule has 176 valence electrons. The fraction of sp³-hybridized carbons (Fsp3) is 0.143. The van der Waals surface area contributed by atoms with Gasteiger partial charge in [-0.05, 0) is 59.9 Å². The van der Waals surface area contributed by atoms with Crippen molar-refractivity contribution in [3.05, 3.63) is 117 Å². The summed E-state index contributed by atoms with van der Waals surface area (Å²) in [6, 6.07) is 21.2. The van der Waals surface area contributed by atoms with Crippen molar-refractivity contribution < 1.29 is 4.79 Å². The van der Waals surface area contributed by atoms with Gasteiger partial charge in [-0.2, -0.15) is 5.10 Å². The van der Waals surface area contributed by atoms with Crippen LogP contribution in [0.15, 0.2) is 79.0 Å². The Hall–Kier alpha value is -3.54. The van der Waals surface area contributed by atoms with E-state index >= 15 is 0 Å². The summed E-state index contributed by atoms with van der Waals surface area (Å²) < 4.78 is 1.80. The Morgan fingerprint density at radius 2 is 1.86 bits per heavy atom. The van der Waals surface area contributed by atoms with Crippen molar-refractivity contribution in [2.24, 2.45) is 0 Å². The number of allylic oxidation sites excluding steroid dienone is 1. The quantitative estimate of drug-likeness (QED) is 0.299. The maximum absolute atomic E-state index is 13.4. The molecule has 2 heterocycles. The van der Waals surface area contributed by atoms with E-state index < -0.39 is 0 Å². The van der Waals surface area contributed by atoms with Crippen LogP contribution >= 0.6 is 23.2 Å². The molecule has 7 heteroatoms. The molecule has 3 aromatic carbocycles. The van der Waals surface area contributed by atoms with Crippen LogP contribution in [0.1, 0.15) is 45.6 Å². The molecule has 1 amide bonds. The Bertz CT molecular complexity index is 1440. The number of hydrogen-bond donors (Lipinski definition) is 2. The standard InChI is InChI=1S/C28H24Cl2N4O/c1-3-18-9-11-19(12-10-18)25-15-26(21-6-4-5-7-23(21)30)34-27(32-25)22(16-31-34)28(35)33-24-14-20(29)13-8-17(24)2/h4-16,26,32H,3H2,1-2H3,(H,33,35). The van der Waals surface area contributed by atoms with Crippen LogP contribution in [0, 0.1) is 6.92 Å². The third-order valence-corrected chi connectivity index (χ3v) is 6.81. The zero-order valence-electron chi connectivity index (χ0n) is 19.3. The molecule has 5 nitrogen and oxygen atoms in total. The number of aryl methyl sites for hydroxylation is 2. The van der Waals surface area contributed by atoms with Gasteiger partial charge in [0.05, 0.1) is 6.20 Å². The van der Waals surface area contributed by atoms with Gasteiger partial charge in [0, 0.05) is 21.4 Å². The molecule has 1 aromatic heterocycles. The molecule has 2 N–H and O–H groups in total. The van der Waals surface area contributed by atoms with Crippen molar-refractivity contribution in [1.29, 1.82) is 0 Å². The van der Waals surface area contributed by atoms with Crippen LogP contribution in [0.25, 0.3) is 5.70 Å². The lowest BCUT2D eigenvalue weighted by Crippen LogP contribution is -2.22. The minimum atomic E-state index is -0.282. The summed E-state index contributed by atoms with van der Waals surface area (Å²) in [6.45, 7) is 4.05. The summed E-state index contributed by atoms with van der Waals surface area (Å²) in [7, 11) is 0. The average Bonchev–Trinajstić information content (AvgIpc) is 3.30. The van der Waals surface area contributed by atoms with Crippen molar-refractivity contribution in [3.63, 3.8) is 0 Å². The second-order valence-corrected chi connectivity index (χ2v) is 9.33. The van der Waals surface area contributed by atoms with Gasteiger partial charge in [-0.25, -0.2) is 4.68 Å². The summed E-state index contributed by atoms with van der Waals surface area (Å²) in [6.07, 6.45) is 4.64.